The number of hydrogen-bond acceptors (Lipinski definition) is 4. The van der Waals surface area contributed by atoms with Crippen LogP contribution in [0.25, 0.3) is 0 Å². The van der Waals surface area contributed by atoms with Gasteiger partial charge in [-0.05, 0) is 37.5 Å². The van der Waals surface area contributed by atoms with Crippen molar-refractivity contribution in [1.82, 2.24) is 20.1 Å². The standard InChI is InChI=1S/C16H24N4O2/c21-10-16(7-15(8-16)4-1-5-15)9-17-14(22)12-2-3-13-19-18-11-20(13)6-12/h11-12,21H,1-10H2,(H,17,22)/t12-/m0/s1. The minimum Gasteiger partial charge on any atom is -0.396 e. The van der Waals surface area contributed by atoms with Gasteiger partial charge in [0, 0.05) is 24.9 Å². The van der Waals surface area contributed by atoms with Crippen molar-refractivity contribution in [3.8, 4) is 0 Å². The van der Waals surface area contributed by atoms with Gasteiger partial charge in [0.15, 0.2) is 0 Å². The Labute approximate surface area is 130 Å². The quantitative estimate of drug-likeness (QED) is 0.866. The lowest BCUT2D eigenvalue weighted by atomic mass is 9.45. The molecule has 2 N–H and O–H groups in total. The van der Waals surface area contributed by atoms with Crippen LogP contribution in [-0.4, -0.2) is 38.9 Å². The smallest absolute Gasteiger partial charge is 0.224 e. The van der Waals surface area contributed by atoms with Gasteiger partial charge in [-0.3, -0.25) is 4.79 Å². The summed E-state index contributed by atoms with van der Waals surface area (Å²) in [5.41, 5.74) is 0.447. The maximum Gasteiger partial charge on any atom is 0.224 e. The Kier molecular flexibility index (Phi) is 3.25. The summed E-state index contributed by atoms with van der Waals surface area (Å²) in [6.45, 7) is 1.48. The molecule has 1 atom stereocenters. The largest absolute Gasteiger partial charge is 0.396 e. The third kappa shape index (κ3) is 2.24. The van der Waals surface area contributed by atoms with Gasteiger partial charge in [0.05, 0.1) is 12.5 Å². The zero-order chi connectivity index (χ0) is 15.2. The first-order valence-electron chi connectivity index (χ1n) is 8.39. The van der Waals surface area contributed by atoms with E-state index in [1.165, 1.54) is 19.3 Å². The maximum atomic E-state index is 12.4. The number of aliphatic hydroxyl groups excluding tert-OH is 1. The van der Waals surface area contributed by atoms with E-state index in [1.54, 1.807) is 6.33 Å². The predicted octanol–water partition coefficient (Wildman–Crippen LogP) is 0.899. The molecule has 1 aromatic rings. The lowest BCUT2D eigenvalue weighted by Gasteiger charge is -2.60. The van der Waals surface area contributed by atoms with E-state index in [-0.39, 0.29) is 23.8 Å². The summed E-state index contributed by atoms with van der Waals surface area (Å²) >= 11 is 0. The van der Waals surface area contributed by atoms with E-state index < -0.39 is 0 Å². The molecule has 4 rings (SSSR count). The normalized spacial score (nSPS) is 27.6. The van der Waals surface area contributed by atoms with Crippen LogP contribution in [0.15, 0.2) is 6.33 Å². The molecule has 2 aliphatic carbocycles. The van der Waals surface area contributed by atoms with E-state index in [4.69, 9.17) is 0 Å². The molecule has 1 aromatic heterocycles. The summed E-state index contributed by atoms with van der Waals surface area (Å²) in [5, 5.41) is 20.8. The molecule has 0 radical (unpaired) electrons. The number of hydrogen-bond donors (Lipinski definition) is 2. The van der Waals surface area contributed by atoms with Crippen LogP contribution in [0.5, 0.6) is 0 Å². The number of aromatic nitrogens is 3. The van der Waals surface area contributed by atoms with Crippen LogP contribution >= 0.6 is 0 Å². The van der Waals surface area contributed by atoms with Gasteiger partial charge in [-0.25, -0.2) is 0 Å². The van der Waals surface area contributed by atoms with Gasteiger partial charge in [-0.1, -0.05) is 6.42 Å². The molecule has 22 heavy (non-hydrogen) atoms. The number of carbonyl (C=O) groups is 1. The van der Waals surface area contributed by atoms with Crippen molar-refractivity contribution < 1.29 is 9.90 Å². The third-order valence-corrected chi connectivity index (χ3v) is 6.09. The minimum atomic E-state index is -0.0630. The van der Waals surface area contributed by atoms with Gasteiger partial charge < -0.3 is 15.0 Å². The summed E-state index contributed by atoms with van der Waals surface area (Å²) in [7, 11) is 0. The minimum absolute atomic E-state index is 0.00279. The van der Waals surface area contributed by atoms with E-state index in [0.717, 1.165) is 31.5 Å². The number of nitrogens with one attached hydrogen (secondary N) is 1. The van der Waals surface area contributed by atoms with Gasteiger partial charge in [0.2, 0.25) is 5.91 Å². The topological polar surface area (TPSA) is 80.0 Å². The van der Waals surface area contributed by atoms with E-state index >= 15 is 0 Å². The van der Waals surface area contributed by atoms with Crippen molar-refractivity contribution in [1.29, 1.82) is 0 Å². The lowest BCUT2D eigenvalue weighted by Crippen LogP contribution is -2.57. The molecule has 6 heteroatoms. The van der Waals surface area contributed by atoms with E-state index in [2.05, 4.69) is 15.5 Å². The number of amides is 1. The zero-order valence-corrected chi connectivity index (χ0v) is 12.9. The maximum absolute atomic E-state index is 12.4. The van der Waals surface area contributed by atoms with Gasteiger partial charge in [0.1, 0.15) is 12.2 Å². The van der Waals surface area contributed by atoms with Gasteiger partial charge in [-0.2, -0.15) is 0 Å². The van der Waals surface area contributed by atoms with Crippen molar-refractivity contribution in [2.24, 2.45) is 16.7 Å². The second kappa shape index (κ2) is 5.05. The van der Waals surface area contributed by atoms with Gasteiger partial charge in [-0.15, -0.1) is 10.2 Å². The summed E-state index contributed by atoms with van der Waals surface area (Å²) in [6.07, 6.45) is 9.46. The number of aryl methyl sites for hydroxylation is 1. The van der Waals surface area contributed by atoms with Crippen LogP contribution in [0.2, 0.25) is 0 Å². The Morgan fingerprint density at radius 1 is 1.45 bits per heavy atom. The molecule has 0 unspecified atom stereocenters. The van der Waals surface area contributed by atoms with Crippen LogP contribution in [-0.2, 0) is 17.8 Å². The molecule has 1 amide bonds. The molecule has 1 aliphatic heterocycles. The van der Waals surface area contributed by atoms with Crippen LogP contribution in [0.4, 0.5) is 0 Å². The highest BCUT2D eigenvalue weighted by molar-refractivity contribution is 5.78. The summed E-state index contributed by atoms with van der Waals surface area (Å²) in [4.78, 5) is 12.4. The van der Waals surface area contributed by atoms with Crippen LogP contribution in [0.1, 0.15) is 44.3 Å². The molecule has 0 aromatic carbocycles. The summed E-state index contributed by atoms with van der Waals surface area (Å²) in [5.74, 6) is 1.08. The molecule has 2 heterocycles. The Morgan fingerprint density at radius 3 is 2.95 bits per heavy atom. The highest BCUT2D eigenvalue weighted by Gasteiger charge is 2.56. The molecule has 120 valence electrons. The average Bonchev–Trinajstić information content (AvgIpc) is 2.92. The number of aliphatic hydroxyl groups is 1. The van der Waals surface area contributed by atoms with Crippen molar-refractivity contribution in [2.75, 3.05) is 13.2 Å². The third-order valence-electron chi connectivity index (χ3n) is 6.09. The molecule has 0 saturated heterocycles. The van der Waals surface area contributed by atoms with E-state index in [1.807, 2.05) is 4.57 Å². The van der Waals surface area contributed by atoms with Crippen molar-refractivity contribution in [2.45, 2.75) is 51.5 Å². The second-order valence-electron chi connectivity index (χ2n) is 7.72. The number of carbonyl (C=O) groups excluding carboxylic acids is 1. The Morgan fingerprint density at radius 2 is 2.27 bits per heavy atom. The molecule has 1 spiro atoms. The van der Waals surface area contributed by atoms with Crippen molar-refractivity contribution in [3.63, 3.8) is 0 Å². The number of fused-ring (bicyclic) bond motifs is 1. The summed E-state index contributed by atoms with van der Waals surface area (Å²) in [6, 6.07) is 0. The van der Waals surface area contributed by atoms with Crippen molar-refractivity contribution in [3.05, 3.63) is 12.2 Å². The van der Waals surface area contributed by atoms with Crippen LogP contribution in [0, 0.1) is 16.7 Å². The molecule has 0 bridgehead atoms. The molecule has 3 aliphatic rings. The predicted molar refractivity (Wildman–Crippen MR) is 79.9 cm³/mol. The first-order chi connectivity index (χ1) is 10.6. The zero-order valence-electron chi connectivity index (χ0n) is 12.9. The fourth-order valence-corrected chi connectivity index (χ4v) is 4.75. The van der Waals surface area contributed by atoms with E-state index in [9.17, 15) is 9.90 Å². The van der Waals surface area contributed by atoms with Crippen LogP contribution < -0.4 is 5.32 Å². The Bertz CT molecular complexity index is 570. The van der Waals surface area contributed by atoms with Crippen molar-refractivity contribution >= 4 is 5.91 Å². The Balaban J connectivity index is 1.31. The lowest BCUT2D eigenvalue weighted by molar-refractivity contribution is -0.135. The number of rotatable bonds is 4. The fraction of sp³-hybridized carbons (Fsp3) is 0.812. The second-order valence-corrected chi connectivity index (χ2v) is 7.72. The first-order valence-corrected chi connectivity index (χ1v) is 8.39. The van der Waals surface area contributed by atoms with Crippen LogP contribution in [0.3, 0.4) is 0 Å². The van der Waals surface area contributed by atoms with E-state index in [0.29, 0.717) is 18.5 Å². The first kappa shape index (κ1) is 14.2. The molecule has 2 fully saturated rings. The Hall–Kier alpha value is -1.43. The summed E-state index contributed by atoms with van der Waals surface area (Å²) < 4.78 is 1.97. The number of nitrogens with zero attached hydrogens (tertiary/aromatic N) is 3. The molecule has 6 nitrogen and oxygen atoms in total. The molecule has 2 saturated carbocycles. The monoisotopic (exact) mass is 304 g/mol. The van der Waals surface area contributed by atoms with Gasteiger partial charge >= 0.3 is 0 Å². The average molecular weight is 304 g/mol. The highest BCUT2D eigenvalue weighted by atomic mass is 16.3. The highest BCUT2D eigenvalue weighted by Crippen LogP contribution is 2.64. The van der Waals surface area contributed by atoms with Gasteiger partial charge in [0.25, 0.3) is 0 Å². The SMILES string of the molecule is O=C(NCC1(CO)CC2(CCC2)C1)[C@H]1CCc2nncn2C1. The fourth-order valence-electron chi connectivity index (χ4n) is 4.75. The molecular weight excluding hydrogens is 280 g/mol. The molecular formula is C16H24N4O2.